The van der Waals surface area contributed by atoms with Crippen molar-refractivity contribution in [2.45, 2.75) is 39.2 Å². The molecular weight excluding hydrogens is 198 g/mol. The maximum absolute atomic E-state index is 5.73. The minimum absolute atomic E-state index is 0.297. The van der Waals surface area contributed by atoms with Gasteiger partial charge in [-0.15, -0.1) is 0 Å². The Bertz CT molecular complexity index is 316. The van der Waals surface area contributed by atoms with Gasteiger partial charge in [0.25, 0.3) is 0 Å². The van der Waals surface area contributed by atoms with Crippen LogP contribution < -0.4 is 10.1 Å². The molecule has 1 N–H and O–H groups in total. The Kier molecular flexibility index (Phi) is 3.70. The molecule has 1 saturated carbocycles. The maximum atomic E-state index is 5.73. The number of hydrogen-bond acceptors (Lipinski definition) is 2. The standard InChI is InChI=1S/C14H21NO/c1-3-11(2)16-14-8-6-13(7-9-14)15-10-12-4-5-12/h6-9,11-12,15H,3-5,10H2,1-2H3. The van der Waals surface area contributed by atoms with Crippen molar-refractivity contribution >= 4 is 5.69 Å². The highest BCUT2D eigenvalue weighted by molar-refractivity contribution is 5.46. The molecule has 0 bridgehead atoms. The zero-order valence-corrected chi connectivity index (χ0v) is 10.2. The zero-order valence-electron chi connectivity index (χ0n) is 10.2. The molecule has 1 fully saturated rings. The minimum Gasteiger partial charge on any atom is -0.491 e. The SMILES string of the molecule is CCC(C)Oc1ccc(NCC2CC2)cc1. The third-order valence-electron chi connectivity index (χ3n) is 3.06. The Morgan fingerprint density at radius 2 is 2.00 bits per heavy atom. The smallest absolute Gasteiger partial charge is 0.119 e. The van der Waals surface area contributed by atoms with Crippen LogP contribution in [0.3, 0.4) is 0 Å². The number of nitrogens with one attached hydrogen (secondary N) is 1. The lowest BCUT2D eigenvalue weighted by atomic mass is 10.2. The van der Waals surface area contributed by atoms with Crippen LogP contribution >= 0.6 is 0 Å². The second kappa shape index (κ2) is 5.24. The van der Waals surface area contributed by atoms with Crippen molar-refractivity contribution < 1.29 is 4.74 Å². The van der Waals surface area contributed by atoms with Crippen LogP contribution in [0, 0.1) is 5.92 Å². The van der Waals surface area contributed by atoms with E-state index in [0.717, 1.165) is 24.6 Å². The summed E-state index contributed by atoms with van der Waals surface area (Å²) in [6, 6.07) is 8.28. The number of ether oxygens (including phenoxy) is 1. The van der Waals surface area contributed by atoms with Gasteiger partial charge >= 0.3 is 0 Å². The molecule has 2 nitrogen and oxygen atoms in total. The predicted octanol–water partition coefficient (Wildman–Crippen LogP) is 3.69. The van der Waals surface area contributed by atoms with Crippen molar-refractivity contribution in [2.75, 3.05) is 11.9 Å². The Balaban J connectivity index is 1.82. The summed E-state index contributed by atoms with van der Waals surface area (Å²) in [5.74, 6) is 1.88. The predicted molar refractivity (Wildman–Crippen MR) is 68.0 cm³/mol. The fourth-order valence-corrected chi connectivity index (χ4v) is 1.55. The molecule has 88 valence electrons. The summed E-state index contributed by atoms with van der Waals surface area (Å²) < 4.78 is 5.73. The van der Waals surface area contributed by atoms with Gasteiger partial charge < -0.3 is 10.1 Å². The molecule has 1 unspecified atom stereocenters. The quantitative estimate of drug-likeness (QED) is 0.788. The van der Waals surface area contributed by atoms with E-state index < -0.39 is 0 Å². The van der Waals surface area contributed by atoms with Crippen molar-refractivity contribution in [3.8, 4) is 5.75 Å². The van der Waals surface area contributed by atoms with Crippen LogP contribution in [0.25, 0.3) is 0 Å². The van der Waals surface area contributed by atoms with Crippen molar-refractivity contribution in [1.29, 1.82) is 0 Å². The van der Waals surface area contributed by atoms with Crippen LogP contribution in [0.5, 0.6) is 5.75 Å². The van der Waals surface area contributed by atoms with E-state index in [2.05, 4.69) is 31.3 Å². The van der Waals surface area contributed by atoms with Gasteiger partial charge in [-0.2, -0.15) is 0 Å². The van der Waals surface area contributed by atoms with Crippen LogP contribution in [-0.4, -0.2) is 12.6 Å². The van der Waals surface area contributed by atoms with E-state index in [4.69, 9.17) is 4.74 Å². The van der Waals surface area contributed by atoms with E-state index in [-0.39, 0.29) is 0 Å². The van der Waals surface area contributed by atoms with Crippen molar-refractivity contribution in [3.63, 3.8) is 0 Å². The van der Waals surface area contributed by atoms with E-state index in [0.29, 0.717) is 6.10 Å². The van der Waals surface area contributed by atoms with Gasteiger partial charge in [-0.3, -0.25) is 0 Å². The molecule has 0 spiro atoms. The zero-order chi connectivity index (χ0) is 11.4. The van der Waals surface area contributed by atoms with Crippen LogP contribution in [0.2, 0.25) is 0 Å². The molecule has 1 aromatic rings. The molecule has 2 rings (SSSR count). The first-order valence-electron chi connectivity index (χ1n) is 6.28. The molecule has 0 amide bonds. The number of hydrogen-bond donors (Lipinski definition) is 1. The molecular formula is C14H21NO. The highest BCUT2D eigenvalue weighted by Gasteiger charge is 2.20. The fourth-order valence-electron chi connectivity index (χ4n) is 1.55. The lowest BCUT2D eigenvalue weighted by Gasteiger charge is -2.13. The third kappa shape index (κ3) is 3.44. The molecule has 0 radical (unpaired) electrons. The topological polar surface area (TPSA) is 21.3 Å². The lowest BCUT2D eigenvalue weighted by Crippen LogP contribution is -2.09. The molecule has 0 heterocycles. The molecule has 1 aliphatic carbocycles. The first-order valence-corrected chi connectivity index (χ1v) is 6.28. The molecule has 1 atom stereocenters. The molecule has 1 aliphatic rings. The summed E-state index contributed by atoms with van der Waals surface area (Å²) in [6.07, 6.45) is 4.12. The van der Waals surface area contributed by atoms with E-state index in [9.17, 15) is 0 Å². The lowest BCUT2D eigenvalue weighted by molar-refractivity contribution is 0.217. The monoisotopic (exact) mass is 219 g/mol. The van der Waals surface area contributed by atoms with Crippen molar-refractivity contribution in [3.05, 3.63) is 24.3 Å². The van der Waals surface area contributed by atoms with Gasteiger partial charge in [0.15, 0.2) is 0 Å². The van der Waals surface area contributed by atoms with E-state index in [1.54, 1.807) is 0 Å². The molecule has 0 aromatic heterocycles. The molecule has 0 aliphatic heterocycles. The number of benzene rings is 1. The van der Waals surface area contributed by atoms with Gasteiger partial charge in [0, 0.05) is 12.2 Å². The summed E-state index contributed by atoms with van der Waals surface area (Å²) in [6.45, 7) is 5.35. The summed E-state index contributed by atoms with van der Waals surface area (Å²) in [5, 5.41) is 3.45. The first kappa shape index (κ1) is 11.3. The van der Waals surface area contributed by atoms with Gasteiger partial charge in [0.05, 0.1) is 6.10 Å². The van der Waals surface area contributed by atoms with E-state index in [1.165, 1.54) is 18.5 Å². The van der Waals surface area contributed by atoms with E-state index >= 15 is 0 Å². The second-order valence-corrected chi connectivity index (χ2v) is 4.69. The molecule has 16 heavy (non-hydrogen) atoms. The Morgan fingerprint density at radius 3 is 2.56 bits per heavy atom. The van der Waals surface area contributed by atoms with Crippen LogP contribution in [-0.2, 0) is 0 Å². The van der Waals surface area contributed by atoms with Gasteiger partial charge in [-0.1, -0.05) is 6.92 Å². The first-order chi connectivity index (χ1) is 7.78. The second-order valence-electron chi connectivity index (χ2n) is 4.69. The summed E-state index contributed by atoms with van der Waals surface area (Å²) in [7, 11) is 0. The summed E-state index contributed by atoms with van der Waals surface area (Å²) in [5.41, 5.74) is 1.20. The van der Waals surface area contributed by atoms with Crippen LogP contribution in [0.15, 0.2) is 24.3 Å². The highest BCUT2D eigenvalue weighted by Crippen LogP contribution is 2.29. The van der Waals surface area contributed by atoms with Gasteiger partial charge in [0.2, 0.25) is 0 Å². The van der Waals surface area contributed by atoms with Gasteiger partial charge in [-0.05, 0) is 56.4 Å². The third-order valence-corrected chi connectivity index (χ3v) is 3.06. The summed E-state index contributed by atoms with van der Waals surface area (Å²) in [4.78, 5) is 0. The molecule has 2 heteroatoms. The Hall–Kier alpha value is -1.18. The average Bonchev–Trinajstić information content (AvgIpc) is 3.12. The largest absolute Gasteiger partial charge is 0.491 e. The van der Waals surface area contributed by atoms with Gasteiger partial charge in [0.1, 0.15) is 5.75 Å². The Morgan fingerprint density at radius 1 is 1.31 bits per heavy atom. The normalized spacial score (nSPS) is 16.9. The fraction of sp³-hybridized carbons (Fsp3) is 0.571. The Labute approximate surface area is 98.0 Å². The van der Waals surface area contributed by atoms with Crippen molar-refractivity contribution in [1.82, 2.24) is 0 Å². The van der Waals surface area contributed by atoms with Gasteiger partial charge in [-0.25, -0.2) is 0 Å². The highest BCUT2D eigenvalue weighted by atomic mass is 16.5. The van der Waals surface area contributed by atoms with Crippen molar-refractivity contribution in [2.24, 2.45) is 5.92 Å². The average molecular weight is 219 g/mol. The van der Waals surface area contributed by atoms with Crippen LogP contribution in [0.1, 0.15) is 33.1 Å². The van der Waals surface area contributed by atoms with E-state index in [1.807, 2.05) is 12.1 Å². The number of anilines is 1. The molecule has 1 aromatic carbocycles. The number of rotatable bonds is 6. The molecule has 0 saturated heterocycles. The maximum Gasteiger partial charge on any atom is 0.119 e. The van der Waals surface area contributed by atoms with Crippen LogP contribution in [0.4, 0.5) is 5.69 Å². The minimum atomic E-state index is 0.297. The summed E-state index contributed by atoms with van der Waals surface area (Å²) >= 11 is 0.